The number of carbonyl (C=O) groups is 1. The van der Waals surface area contributed by atoms with E-state index in [-0.39, 0.29) is 24.6 Å². The van der Waals surface area contributed by atoms with Crippen LogP contribution in [0.4, 0.5) is 5.69 Å². The van der Waals surface area contributed by atoms with Crippen molar-refractivity contribution in [3.63, 3.8) is 0 Å². The Balaban J connectivity index is 1.41. The molecule has 0 spiro atoms. The first-order valence-electron chi connectivity index (χ1n) is 15.3. The number of amides is 1. The van der Waals surface area contributed by atoms with Gasteiger partial charge in [0.1, 0.15) is 11.4 Å². The van der Waals surface area contributed by atoms with Crippen molar-refractivity contribution >= 4 is 11.6 Å². The van der Waals surface area contributed by atoms with Crippen LogP contribution in [-0.4, -0.2) is 83.6 Å². The molecule has 0 radical (unpaired) electrons. The summed E-state index contributed by atoms with van der Waals surface area (Å²) in [5, 5.41) is 18.8. The molecule has 9 nitrogen and oxygen atoms in total. The van der Waals surface area contributed by atoms with Crippen LogP contribution in [-0.2, 0) is 4.74 Å². The molecule has 2 aromatic carbocycles. The Kier molecular flexibility index (Phi) is 9.82. The monoisotopic (exact) mass is 575 g/mol. The first-order chi connectivity index (χ1) is 20.4. The van der Waals surface area contributed by atoms with Crippen LogP contribution in [0.1, 0.15) is 61.1 Å². The van der Waals surface area contributed by atoms with Crippen LogP contribution < -0.4 is 15.4 Å². The van der Waals surface area contributed by atoms with Crippen LogP contribution in [0.2, 0.25) is 0 Å². The Morgan fingerprint density at radius 3 is 2.83 bits per heavy atom. The number of aromatic nitrogens is 2. The number of aliphatic hydroxyl groups is 1. The van der Waals surface area contributed by atoms with Crippen molar-refractivity contribution in [3.8, 4) is 17.0 Å². The Labute approximate surface area is 249 Å². The smallest absolute Gasteiger partial charge is 0.275 e. The van der Waals surface area contributed by atoms with E-state index in [9.17, 15) is 9.90 Å². The number of aryl methyl sites for hydroxylation is 1. The van der Waals surface area contributed by atoms with Crippen molar-refractivity contribution in [3.05, 3.63) is 66.1 Å². The molecule has 3 atom stereocenters. The van der Waals surface area contributed by atoms with Gasteiger partial charge in [0.25, 0.3) is 5.91 Å². The highest BCUT2D eigenvalue weighted by Gasteiger charge is 2.42. The molecule has 0 bridgehead atoms. The number of benzene rings is 2. The predicted molar refractivity (Wildman–Crippen MR) is 165 cm³/mol. The average Bonchev–Trinajstić information content (AvgIpc) is 3.46. The number of methoxy groups -OCH3 is 1. The van der Waals surface area contributed by atoms with E-state index in [0.29, 0.717) is 25.3 Å². The van der Waals surface area contributed by atoms with Crippen LogP contribution in [0, 0.1) is 6.92 Å². The minimum Gasteiger partial charge on any atom is -0.497 e. The quantitative estimate of drug-likeness (QED) is 0.306. The van der Waals surface area contributed by atoms with Crippen LogP contribution in [0.5, 0.6) is 5.75 Å². The van der Waals surface area contributed by atoms with Gasteiger partial charge < -0.3 is 34.7 Å². The molecule has 1 saturated carbocycles. The van der Waals surface area contributed by atoms with Gasteiger partial charge in [-0.3, -0.25) is 4.79 Å². The van der Waals surface area contributed by atoms with E-state index in [2.05, 4.69) is 17.6 Å². The van der Waals surface area contributed by atoms with Crippen molar-refractivity contribution in [1.82, 2.24) is 19.8 Å². The van der Waals surface area contributed by atoms with Gasteiger partial charge in [-0.2, -0.15) is 0 Å². The molecule has 9 heteroatoms. The molecule has 2 heterocycles. The third-order valence-electron chi connectivity index (χ3n) is 8.74. The summed E-state index contributed by atoms with van der Waals surface area (Å²) < 4.78 is 13.2. The number of piperazine rings is 1. The molecule has 1 aromatic heterocycles. The third-order valence-corrected chi connectivity index (χ3v) is 8.74. The van der Waals surface area contributed by atoms with Crippen LogP contribution in [0.25, 0.3) is 11.3 Å². The number of anilines is 1. The molecule has 226 valence electrons. The number of nitrogens with one attached hydrogen (secondary N) is 2. The highest BCUT2D eigenvalue weighted by molar-refractivity contribution is 5.98. The van der Waals surface area contributed by atoms with Gasteiger partial charge in [-0.15, -0.1) is 0 Å². The number of carbonyl (C=O) groups excluding carboxylic acids is 1. The van der Waals surface area contributed by atoms with E-state index in [1.807, 2.05) is 64.9 Å². The van der Waals surface area contributed by atoms with Gasteiger partial charge in [-0.05, 0) is 44.7 Å². The Morgan fingerprint density at radius 2 is 2.05 bits per heavy atom. The van der Waals surface area contributed by atoms with E-state index in [1.165, 1.54) is 0 Å². The number of hydrogen-bond donors (Lipinski definition) is 3. The van der Waals surface area contributed by atoms with Gasteiger partial charge in [-0.1, -0.05) is 49.2 Å². The maximum atomic E-state index is 14.3. The summed E-state index contributed by atoms with van der Waals surface area (Å²) in [6.07, 6.45) is 5.97. The number of hydrogen-bond acceptors (Lipinski definition) is 7. The summed E-state index contributed by atoms with van der Waals surface area (Å²) in [4.78, 5) is 21.0. The molecular formula is C33H45N5O4. The molecule has 1 aliphatic heterocycles. The second-order valence-electron chi connectivity index (χ2n) is 11.5. The summed E-state index contributed by atoms with van der Waals surface area (Å²) in [5.41, 5.74) is 3.30. The summed E-state index contributed by atoms with van der Waals surface area (Å²) in [5.74, 6) is 0.746. The predicted octanol–water partition coefficient (Wildman–Crippen LogP) is 4.67. The van der Waals surface area contributed by atoms with E-state index < -0.39 is 5.60 Å². The lowest BCUT2D eigenvalue weighted by Gasteiger charge is -2.41. The lowest BCUT2D eigenvalue weighted by Crippen LogP contribution is -2.54. The number of ether oxygens (including phenoxy) is 2. The molecule has 3 aromatic rings. The van der Waals surface area contributed by atoms with Gasteiger partial charge in [0.05, 0.1) is 31.8 Å². The largest absolute Gasteiger partial charge is 0.497 e. The van der Waals surface area contributed by atoms with Crippen molar-refractivity contribution in [2.75, 3.05) is 51.8 Å². The maximum Gasteiger partial charge on any atom is 0.275 e. The van der Waals surface area contributed by atoms with Crippen LogP contribution in [0.3, 0.4) is 0 Å². The molecule has 1 saturated heterocycles. The van der Waals surface area contributed by atoms with Crippen molar-refractivity contribution < 1.29 is 19.4 Å². The fourth-order valence-electron chi connectivity index (χ4n) is 6.40. The molecule has 42 heavy (non-hydrogen) atoms. The summed E-state index contributed by atoms with van der Waals surface area (Å²) in [7, 11) is 1.67. The van der Waals surface area contributed by atoms with Crippen molar-refractivity contribution in [1.29, 1.82) is 0 Å². The molecule has 3 N–H and O–H groups in total. The molecule has 2 fully saturated rings. The van der Waals surface area contributed by atoms with Crippen molar-refractivity contribution in [2.45, 2.75) is 63.6 Å². The molecule has 1 amide bonds. The topological polar surface area (TPSA) is 101 Å². The third kappa shape index (κ3) is 6.48. The normalized spacial score (nSPS) is 22.6. The first-order valence-corrected chi connectivity index (χ1v) is 15.3. The Morgan fingerprint density at radius 1 is 1.21 bits per heavy atom. The summed E-state index contributed by atoms with van der Waals surface area (Å²) in [6.45, 7) is 7.63. The zero-order valence-corrected chi connectivity index (χ0v) is 25.1. The van der Waals surface area contributed by atoms with Gasteiger partial charge in [0.2, 0.25) is 0 Å². The van der Waals surface area contributed by atoms with Gasteiger partial charge in [0.15, 0.2) is 5.69 Å². The Hall–Kier alpha value is -3.40. The zero-order valence-electron chi connectivity index (χ0n) is 25.1. The van der Waals surface area contributed by atoms with E-state index >= 15 is 0 Å². The Bertz CT molecular complexity index is 1330. The standard InChI is InChI=1S/C33H45N5O4/c1-4-42-22-33(40)16-9-8-12-29(33)38-23-36-30(31(38)25-10-6-5-7-11-25)32(39)37-19-18-34-21-26(37)15-17-35-28-20-27(41-3)14-13-24(28)2/h5-7,10-11,13-14,20,23,26,29,34-35,40H,4,8-9,12,15-19,21-22H2,1-3H3/t26-,29-,33-/m1/s1. The fraction of sp³-hybridized carbons (Fsp3) is 0.515. The molecule has 2 aliphatic rings. The highest BCUT2D eigenvalue weighted by Crippen LogP contribution is 2.41. The van der Waals surface area contributed by atoms with Crippen LogP contribution in [0.15, 0.2) is 54.9 Å². The lowest BCUT2D eigenvalue weighted by molar-refractivity contribution is -0.0972. The highest BCUT2D eigenvalue weighted by atomic mass is 16.5. The molecule has 5 rings (SSSR count). The van der Waals surface area contributed by atoms with Gasteiger partial charge >= 0.3 is 0 Å². The number of nitrogens with zero attached hydrogens (tertiary/aromatic N) is 3. The molecule has 1 aliphatic carbocycles. The number of imidazole rings is 1. The maximum absolute atomic E-state index is 14.3. The average molecular weight is 576 g/mol. The summed E-state index contributed by atoms with van der Waals surface area (Å²) in [6, 6.07) is 15.8. The minimum absolute atomic E-state index is 0.0167. The fourth-order valence-corrected chi connectivity index (χ4v) is 6.40. The van der Waals surface area contributed by atoms with E-state index in [0.717, 1.165) is 73.6 Å². The lowest BCUT2D eigenvalue weighted by atomic mass is 9.80. The molecular weight excluding hydrogens is 530 g/mol. The van der Waals surface area contributed by atoms with Crippen molar-refractivity contribution in [2.24, 2.45) is 0 Å². The minimum atomic E-state index is -1.01. The van der Waals surface area contributed by atoms with Gasteiger partial charge in [-0.25, -0.2) is 4.98 Å². The number of rotatable bonds is 11. The zero-order chi connectivity index (χ0) is 29.5. The molecule has 0 unspecified atom stereocenters. The van der Waals surface area contributed by atoms with Gasteiger partial charge in [0, 0.05) is 56.1 Å². The SMILES string of the molecule is CCOC[C@]1(O)CCCC[C@H]1n1cnc(C(=O)N2CCNC[C@H]2CCNc2cc(OC)ccc2C)c1-c1ccccc1. The second kappa shape index (κ2) is 13.7. The first kappa shape index (κ1) is 30.1. The summed E-state index contributed by atoms with van der Waals surface area (Å²) >= 11 is 0. The van der Waals surface area contributed by atoms with E-state index in [4.69, 9.17) is 14.5 Å². The van der Waals surface area contributed by atoms with E-state index in [1.54, 1.807) is 13.4 Å². The van der Waals surface area contributed by atoms with Crippen LogP contribution >= 0.6 is 0 Å². The second-order valence-corrected chi connectivity index (χ2v) is 11.5.